The molecule has 25 heavy (non-hydrogen) atoms. The number of amides is 2. The number of benzene rings is 1. The van der Waals surface area contributed by atoms with E-state index >= 15 is 0 Å². The van der Waals surface area contributed by atoms with Crippen LogP contribution in [0.15, 0.2) is 42.6 Å². The second kappa shape index (κ2) is 7.88. The van der Waals surface area contributed by atoms with Crippen molar-refractivity contribution >= 4 is 11.8 Å². The van der Waals surface area contributed by atoms with Crippen LogP contribution < -0.4 is 4.74 Å². The summed E-state index contributed by atoms with van der Waals surface area (Å²) in [5, 5.41) is 0. The van der Waals surface area contributed by atoms with Crippen molar-refractivity contribution in [1.29, 1.82) is 0 Å². The third-order valence-electron chi connectivity index (χ3n) is 4.50. The summed E-state index contributed by atoms with van der Waals surface area (Å²) in [7, 11) is 1.61. The van der Waals surface area contributed by atoms with Crippen LogP contribution in [0.2, 0.25) is 0 Å². The summed E-state index contributed by atoms with van der Waals surface area (Å²) in [6, 6.07) is 11.2. The lowest BCUT2D eigenvalue weighted by atomic mass is 10.1. The Morgan fingerprint density at radius 3 is 2.56 bits per heavy atom. The molecule has 1 fully saturated rings. The highest BCUT2D eigenvalue weighted by atomic mass is 16.5. The van der Waals surface area contributed by atoms with Crippen molar-refractivity contribution in [2.45, 2.75) is 12.8 Å². The summed E-state index contributed by atoms with van der Waals surface area (Å²) in [6.07, 6.45) is 2.84. The average molecular weight is 341 g/mol. The Labute approximate surface area is 147 Å². The lowest BCUT2D eigenvalue weighted by Crippen LogP contribution is -2.38. The second-order valence-electron chi connectivity index (χ2n) is 6.10. The van der Waals surface area contributed by atoms with Gasteiger partial charge in [-0.15, -0.1) is 0 Å². The number of carbonyl (C=O) groups is 2. The van der Waals surface area contributed by atoms with Crippen LogP contribution in [0.4, 0.5) is 0 Å². The molecule has 1 aliphatic rings. The van der Waals surface area contributed by atoms with Crippen LogP contribution in [0.3, 0.4) is 0 Å². The van der Waals surface area contributed by atoms with E-state index in [1.807, 2.05) is 40.1 Å². The summed E-state index contributed by atoms with van der Waals surface area (Å²) in [5.41, 5.74) is 1.48. The Kier molecular flexibility index (Phi) is 5.38. The summed E-state index contributed by atoms with van der Waals surface area (Å²) in [6.45, 7) is 2.44. The molecule has 0 spiro atoms. The van der Waals surface area contributed by atoms with Crippen LogP contribution >= 0.6 is 0 Å². The molecule has 1 N–H and O–H groups in total. The number of para-hydroxylation sites is 1. The number of nitrogens with zero attached hydrogens (tertiary/aromatic N) is 2. The van der Waals surface area contributed by atoms with E-state index in [0.717, 1.165) is 17.7 Å². The summed E-state index contributed by atoms with van der Waals surface area (Å²) < 4.78 is 5.32. The fourth-order valence-electron chi connectivity index (χ4n) is 3.13. The normalized spacial score (nSPS) is 14.9. The minimum atomic E-state index is -0.0102. The molecular formula is C19H23N3O3. The first-order valence-corrected chi connectivity index (χ1v) is 8.51. The van der Waals surface area contributed by atoms with Crippen molar-refractivity contribution in [2.24, 2.45) is 0 Å². The Morgan fingerprint density at radius 1 is 1.04 bits per heavy atom. The zero-order chi connectivity index (χ0) is 17.6. The molecule has 0 unspecified atom stereocenters. The number of ether oxygens (including phenoxy) is 1. The van der Waals surface area contributed by atoms with E-state index in [1.54, 1.807) is 19.4 Å². The maximum absolute atomic E-state index is 12.7. The van der Waals surface area contributed by atoms with Crippen LogP contribution in [0, 0.1) is 0 Å². The molecule has 1 aromatic carbocycles. The molecule has 0 bridgehead atoms. The summed E-state index contributed by atoms with van der Waals surface area (Å²) in [5.74, 6) is 0.789. The molecular weight excluding hydrogens is 318 g/mol. The first-order chi connectivity index (χ1) is 12.2. The molecule has 0 saturated carbocycles. The van der Waals surface area contributed by atoms with E-state index in [2.05, 4.69) is 4.98 Å². The molecule has 132 valence electrons. The van der Waals surface area contributed by atoms with Gasteiger partial charge in [-0.3, -0.25) is 9.59 Å². The molecule has 0 atom stereocenters. The predicted octanol–water partition coefficient (Wildman–Crippen LogP) is 1.94. The average Bonchev–Trinajstić information content (AvgIpc) is 3.06. The Hall–Kier alpha value is -2.76. The minimum absolute atomic E-state index is 0.0102. The molecule has 2 aromatic rings. The summed E-state index contributed by atoms with van der Waals surface area (Å²) >= 11 is 0. The number of carbonyl (C=O) groups excluding carboxylic acids is 2. The smallest absolute Gasteiger partial charge is 0.270 e. The van der Waals surface area contributed by atoms with E-state index < -0.39 is 0 Å². The molecule has 1 aliphatic heterocycles. The van der Waals surface area contributed by atoms with E-state index in [9.17, 15) is 9.59 Å². The fraction of sp³-hybridized carbons (Fsp3) is 0.368. The zero-order valence-corrected chi connectivity index (χ0v) is 14.4. The van der Waals surface area contributed by atoms with Gasteiger partial charge >= 0.3 is 0 Å². The van der Waals surface area contributed by atoms with Gasteiger partial charge in [0.15, 0.2) is 0 Å². The summed E-state index contributed by atoms with van der Waals surface area (Å²) in [4.78, 5) is 31.7. The number of H-pyrrole nitrogens is 1. The topological polar surface area (TPSA) is 65.6 Å². The molecule has 1 aromatic heterocycles. The van der Waals surface area contributed by atoms with Crippen LogP contribution in [-0.4, -0.2) is 59.9 Å². The van der Waals surface area contributed by atoms with E-state index in [1.165, 1.54) is 0 Å². The monoisotopic (exact) mass is 341 g/mol. The molecule has 1 saturated heterocycles. The minimum Gasteiger partial charge on any atom is -0.496 e. The van der Waals surface area contributed by atoms with Gasteiger partial charge in [0.25, 0.3) is 5.91 Å². The zero-order valence-electron chi connectivity index (χ0n) is 14.4. The van der Waals surface area contributed by atoms with Crippen LogP contribution in [-0.2, 0) is 11.2 Å². The highest BCUT2D eigenvalue weighted by Gasteiger charge is 2.23. The van der Waals surface area contributed by atoms with Crippen molar-refractivity contribution in [3.63, 3.8) is 0 Å². The van der Waals surface area contributed by atoms with Crippen LogP contribution in [0.25, 0.3) is 0 Å². The van der Waals surface area contributed by atoms with Crippen molar-refractivity contribution in [1.82, 2.24) is 14.8 Å². The number of hydrogen-bond acceptors (Lipinski definition) is 3. The van der Waals surface area contributed by atoms with Gasteiger partial charge in [-0.05, 0) is 24.6 Å². The van der Waals surface area contributed by atoms with E-state index in [4.69, 9.17) is 4.74 Å². The Morgan fingerprint density at radius 2 is 1.80 bits per heavy atom. The van der Waals surface area contributed by atoms with Gasteiger partial charge in [0.2, 0.25) is 5.91 Å². The van der Waals surface area contributed by atoms with Gasteiger partial charge in [0.05, 0.1) is 13.5 Å². The SMILES string of the molecule is COc1ccccc1CC(=O)N1CCCN(C(=O)c2ccc[nH]2)CC1. The van der Waals surface area contributed by atoms with Gasteiger partial charge in [0, 0.05) is 37.9 Å². The molecule has 0 aliphatic carbocycles. The third-order valence-corrected chi connectivity index (χ3v) is 4.50. The van der Waals surface area contributed by atoms with Gasteiger partial charge in [-0.25, -0.2) is 0 Å². The highest BCUT2D eigenvalue weighted by molar-refractivity contribution is 5.92. The fourth-order valence-corrected chi connectivity index (χ4v) is 3.13. The van der Waals surface area contributed by atoms with Crippen LogP contribution in [0.5, 0.6) is 5.75 Å². The van der Waals surface area contributed by atoms with Crippen LogP contribution in [0.1, 0.15) is 22.5 Å². The lowest BCUT2D eigenvalue weighted by molar-refractivity contribution is -0.130. The third kappa shape index (κ3) is 4.02. The quantitative estimate of drug-likeness (QED) is 0.924. The van der Waals surface area contributed by atoms with Crippen molar-refractivity contribution < 1.29 is 14.3 Å². The number of nitrogens with one attached hydrogen (secondary N) is 1. The molecule has 6 nitrogen and oxygen atoms in total. The molecule has 2 heterocycles. The second-order valence-corrected chi connectivity index (χ2v) is 6.10. The molecule has 6 heteroatoms. The number of aromatic nitrogens is 1. The lowest BCUT2D eigenvalue weighted by Gasteiger charge is -2.22. The van der Waals surface area contributed by atoms with Gasteiger partial charge < -0.3 is 19.5 Å². The Balaban J connectivity index is 1.61. The van der Waals surface area contributed by atoms with Crippen molar-refractivity contribution in [3.8, 4) is 5.75 Å². The first-order valence-electron chi connectivity index (χ1n) is 8.51. The van der Waals surface area contributed by atoms with Crippen molar-refractivity contribution in [2.75, 3.05) is 33.3 Å². The maximum atomic E-state index is 12.7. The molecule has 3 rings (SSSR count). The van der Waals surface area contributed by atoms with E-state index in [0.29, 0.717) is 38.3 Å². The highest BCUT2D eigenvalue weighted by Crippen LogP contribution is 2.19. The predicted molar refractivity (Wildman–Crippen MR) is 94.6 cm³/mol. The van der Waals surface area contributed by atoms with E-state index in [-0.39, 0.29) is 11.8 Å². The number of rotatable bonds is 4. The van der Waals surface area contributed by atoms with Crippen molar-refractivity contribution in [3.05, 3.63) is 53.9 Å². The van der Waals surface area contributed by atoms with Gasteiger partial charge in [-0.2, -0.15) is 0 Å². The number of aromatic amines is 1. The number of hydrogen-bond donors (Lipinski definition) is 1. The van der Waals surface area contributed by atoms with Gasteiger partial charge in [0.1, 0.15) is 11.4 Å². The molecule has 0 radical (unpaired) electrons. The Bertz CT molecular complexity index is 727. The first kappa shape index (κ1) is 17.1. The largest absolute Gasteiger partial charge is 0.496 e. The molecule has 2 amide bonds. The number of methoxy groups -OCH3 is 1. The standard InChI is InChI=1S/C19H23N3O3/c1-25-17-8-3-2-6-15(17)14-18(23)21-10-5-11-22(13-12-21)19(24)16-7-4-9-20-16/h2-4,6-9,20H,5,10-14H2,1H3. The maximum Gasteiger partial charge on any atom is 0.270 e. The van der Waals surface area contributed by atoms with Gasteiger partial charge in [-0.1, -0.05) is 18.2 Å².